The fourth-order valence-electron chi connectivity index (χ4n) is 5.20. The predicted octanol–water partition coefficient (Wildman–Crippen LogP) is 5.88. The number of rotatable bonds is 10. The van der Waals surface area contributed by atoms with Crippen LogP contribution in [0.25, 0.3) is 17.0 Å². The number of ether oxygens (including phenoxy) is 1. The number of fused-ring (bicyclic) bond motifs is 1. The summed E-state index contributed by atoms with van der Waals surface area (Å²) in [6.07, 6.45) is 7.53. The van der Waals surface area contributed by atoms with Gasteiger partial charge in [-0.05, 0) is 98.0 Å². The Hall–Kier alpha value is -5.90. The van der Waals surface area contributed by atoms with Crippen LogP contribution in [-0.4, -0.2) is 46.3 Å². The number of hydrogen-bond donors (Lipinski definition) is 2. The lowest BCUT2D eigenvalue weighted by Crippen LogP contribution is -2.38. The summed E-state index contributed by atoms with van der Waals surface area (Å²) in [6, 6.07) is 18.4. The van der Waals surface area contributed by atoms with E-state index in [0.717, 1.165) is 44.5 Å². The van der Waals surface area contributed by atoms with Gasteiger partial charge in [-0.1, -0.05) is 24.3 Å². The highest BCUT2D eigenvalue weighted by molar-refractivity contribution is 6.03. The van der Waals surface area contributed by atoms with Crippen LogP contribution in [0.3, 0.4) is 0 Å². The lowest BCUT2D eigenvalue weighted by Gasteiger charge is -2.23. The summed E-state index contributed by atoms with van der Waals surface area (Å²) in [6.45, 7) is 8.13. The molecule has 3 aromatic heterocycles. The smallest absolute Gasteiger partial charge is 0.274 e. The van der Waals surface area contributed by atoms with Gasteiger partial charge in [-0.2, -0.15) is 0 Å². The number of benzene rings is 2. The Morgan fingerprint density at radius 2 is 1.72 bits per heavy atom. The Labute approximate surface area is 273 Å². The number of para-hydroxylation sites is 1. The van der Waals surface area contributed by atoms with E-state index in [1.165, 1.54) is 17.2 Å². The Kier molecular flexibility index (Phi) is 10.0. The highest BCUT2D eigenvalue weighted by atomic mass is 16.5. The normalized spacial score (nSPS) is 11.0. The highest BCUT2D eigenvalue weighted by Crippen LogP contribution is 2.30. The maximum atomic E-state index is 13.1. The molecule has 0 spiro atoms. The molecule has 47 heavy (non-hydrogen) atoms. The van der Waals surface area contributed by atoms with Crippen LogP contribution in [0.4, 0.5) is 11.4 Å². The Morgan fingerprint density at radius 1 is 0.936 bits per heavy atom. The fraction of sp³-hybridized carbons (Fsp3) is 0.189. The molecule has 0 saturated heterocycles. The standard InChI is InChI=1S/C37H36N6O4/c1-23-9-13-32(26(4)30(23)22-47-33-8-6-7-29-24(2)19-25(3)41-36(29)33)43(5)35(45)21-40-34(44)14-11-27-10-12-31(39-20-27)37(46)42-28-15-17-38-18-16-28/h6-20H,21-22H2,1-5H3,(H,40,44)(H,38,42,46). The van der Waals surface area contributed by atoms with Gasteiger partial charge in [0.15, 0.2) is 0 Å². The van der Waals surface area contributed by atoms with E-state index in [1.807, 2.05) is 51.1 Å². The summed E-state index contributed by atoms with van der Waals surface area (Å²) >= 11 is 0. The minimum Gasteiger partial charge on any atom is -0.487 e. The monoisotopic (exact) mass is 628 g/mol. The second kappa shape index (κ2) is 14.5. The molecule has 0 bridgehead atoms. The third-order valence-electron chi connectivity index (χ3n) is 7.85. The molecule has 0 saturated carbocycles. The van der Waals surface area contributed by atoms with Crippen LogP contribution in [0.5, 0.6) is 5.75 Å². The van der Waals surface area contributed by atoms with Crippen LogP contribution >= 0.6 is 0 Å². The number of nitrogens with one attached hydrogen (secondary N) is 2. The second-order valence-corrected chi connectivity index (χ2v) is 11.2. The minimum atomic E-state index is -0.435. The molecule has 0 unspecified atom stereocenters. The first kappa shape index (κ1) is 32.5. The second-order valence-electron chi connectivity index (χ2n) is 11.2. The molecule has 0 aliphatic heterocycles. The van der Waals surface area contributed by atoms with Crippen molar-refractivity contribution in [3.05, 3.63) is 125 Å². The summed E-state index contributed by atoms with van der Waals surface area (Å²) in [5, 5.41) is 6.43. The molecule has 2 N–H and O–H groups in total. The summed E-state index contributed by atoms with van der Waals surface area (Å²) in [5.41, 5.74) is 8.03. The zero-order chi connectivity index (χ0) is 33.5. The summed E-state index contributed by atoms with van der Waals surface area (Å²) in [7, 11) is 1.69. The minimum absolute atomic E-state index is 0.189. The van der Waals surface area contributed by atoms with Crippen molar-refractivity contribution in [3.63, 3.8) is 0 Å². The maximum absolute atomic E-state index is 13.1. The van der Waals surface area contributed by atoms with Crippen LogP contribution in [0.1, 0.15) is 44.0 Å². The molecule has 5 rings (SSSR count). The van der Waals surface area contributed by atoms with Gasteiger partial charge >= 0.3 is 0 Å². The topological polar surface area (TPSA) is 126 Å². The zero-order valence-corrected chi connectivity index (χ0v) is 27.0. The number of carbonyl (C=O) groups is 3. The van der Waals surface area contributed by atoms with E-state index in [1.54, 1.807) is 49.8 Å². The van der Waals surface area contributed by atoms with E-state index >= 15 is 0 Å². The van der Waals surface area contributed by atoms with E-state index in [0.29, 0.717) is 23.6 Å². The number of likely N-dealkylation sites (N-methyl/N-ethyl adjacent to an activating group) is 1. The Balaban J connectivity index is 1.17. The molecule has 238 valence electrons. The van der Waals surface area contributed by atoms with Crippen molar-refractivity contribution >= 4 is 46.1 Å². The number of aromatic nitrogens is 3. The fourth-order valence-corrected chi connectivity index (χ4v) is 5.20. The van der Waals surface area contributed by atoms with Crippen LogP contribution < -0.4 is 20.3 Å². The van der Waals surface area contributed by atoms with E-state index in [4.69, 9.17) is 9.72 Å². The SMILES string of the molecule is Cc1cc(C)c2cccc(OCc3c(C)ccc(N(C)C(=O)CNC(=O)C=Cc4ccc(C(=O)Nc5ccncc5)nc4)c3C)c2n1. The third-order valence-corrected chi connectivity index (χ3v) is 7.85. The molecule has 5 aromatic rings. The van der Waals surface area contributed by atoms with Crippen molar-refractivity contribution in [1.29, 1.82) is 0 Å². The van der Waals surface area contributed by atoms with Crippen molar-refractivity contribution in [1.82, 2.24) is 20.3 Å². The average Bonchev–Trinajstić information content (AvgIpc) is 3.06. The lowest BCUT2D eigenvalue weighted by atomic mass is 10.0. The van der Waals surface area contributed by atoms with Gasteiger partial charge in [0.25, 0.3) is 5.91 Å². The van der Waals surface area contributed by atoms with Gasteiger partial charge < -0.3 is 20.3 Å². The molecule has 0 radical (unpaired) electrons. The summed E-state index contributed by atoms with van der Waals surface area (Å²) < 4.78 is 6.30. The van der Waals surface area contributed by atoms with Crippen LogP contribution in [0.15, 0.2) is 85.3 Å². The van der Waals surface area contributed by atoms with Gasteiger partial charge in [-0.15, -0.1) is 0 Å². The van der Waals surface area contributed by atoms with Crippen molar-refractivity contribution < 1.29 is 19.1 Å². The summed E-state index contributed by atoms with van der Waals surface area (Å²) in [4.78, 5) is 52.3. The predicted molar refractivity (Wildman–Crippen MR) is 183 cm³/mol. The third kappa shape index (κ3) is 7.85. The van der Waals surface area contributed by atoms with E-state index < -0.39 is 5.91 Å². The van der Waals surface area contributed by atoms with Gasteiger partial charge in [-0.25, -0.2) is 4.98 Å². The van der Waals surface area contributed by atoms with Crippen LogP contribution in [-0.2, 0) is 16.2 Å². The number of nitrogens with zero attached hydrogens (tertiary/aromatic N) is 4. The molecule has 2 aromatic carbocycles. The van der Waals surface area contributed by atoms with Crippen molar-refractivity contribution in [2.24, 2.45) is 0 Å². The number of anilines is 2. The quantitative estimate of drug-likeness (QED) is 0.185. The number of amides is 3. The van der Waals surface area contributed by atoms with Gasteiger partial charge in [0.2, 0.25) is 11.8 Å². The molecule has 3 amide bonds. The van der Waals surface area contributed by atoms with Gasteiger partial charge in [0, 0.05) is 54.2 Å². The number of hydrogen-bond acceptors (Lipinski definition) is 7. The van der Waals surface area contributed by atoms with E-state index in [9.17, 15) is 14.4 Å². The largest absolute Gasteiger partial charge is 0.487 e. The number of pyridine rings is 3. The molecule has 0 aliphatic carbocycles. The first-order valence-electron chi connectivity index (χ1n) is 15.1. The van der Waals surface area contributed by atoms with Crippen LogP contribution in [0, 0.1) is 27.7 Å². The molecule has 10 heteroatoms. The molecule has 0 fully saturated rings. The number of carbonyl (C=O) groups excluding carboxylic acids is 3. The lowest BCUT2D eigenvalue weighted by molar-refractivity contribution is -0.122. The van der Waals surface area contributed by atoms with Gasteiger partial charge in [0.1, 0.15) is 23.6 Å². The van der Waals surface area contributed by atoms with E-state index in [2.05, 4.69) is 33.6 Å². The molecular weight excluding hydrogens is 592 g/mol. The average molecular weight is 629 g/mol. The molecule has 0 aliphatic rings. The molecule has 10 nitrogen and oxygen atoms in total. The van der Waals surface area contributed by atoms with Crippen LogP contribution in [0.2, 0.25) is 0 Å². The Morgan fingerprint density at radius 3 is 2.47 bits per heavy atom. The van der Waals surface area contributed by atoms with Crippen molar-refractivity contribution in [3.8, 4) is 5.75 Å². The van der Waals surface area contributed by atoms with Gasteiger partial charge in [-0.3, -0.25) is 24.4 Å². The summed E-state index contributed by atoms with van der Waals surface area (Å²) in [5.74, 6) is -0.365. The number of aryl methyl sites for hydroxylation is 3. The Bertz CT molecular complexity index is 1970. The zero-order valence-electron chi connectivity index (χ0n) is 27.0. The maximum Gasteiger partial charge on any atom is 0.274 e. The molecule has 3 heterocycles. The van der Waals surface area contributed by atoms with E-state index in [-0.39, 0.29) is 24.1 Å². The first-order valence-corrected chi connectivity index (χ1v) is 15.1. The van der Waals surface area contributed by atoms with Crippen molar-refractivity contribution in [2.45, 2.75) is 34.3 Å². The molecule has 0 atom stereocenters. The van der Waals surface area contributed by atoms with Gasteiger partial charge in [0.05, 0.1) is 6.54 Å². The molecular formula is C37H36N6O4. The van der Waals surface area contributed by atoms with Crippen molar-refractivity contribution in [2.75, 3.05) is 23.8 Å². The first-order chi connectivity index (χ1) is 22.6. The highest BCUT2D eigenvalue weighted by Gasteiger charge is 2.18.